The standard InChI is InChI=1S/C18H17NO3.ClH/c20-18(21)15-10-5-11-16-17(15)22-14(12-19-16)9-4-8-13-6-2-1-3-7-13;/h1-3,5-7,10-12,14H,4,8-9H2,(H,20,21);1H. The van der Waals surface area contributed by atoms with Crippen molar-refractivity contribution in [3.8, 4) is 5.75 Å². The molecule has 2 aromatic rings. The second-order valence-corrected chi connectivity index (χ2v) is 5.27. The summed E-state index contributed by atoms with van der Waals surface area (Å²) in [4.78, 5) is 15.6. The minimum atomic E-state index is -0.989. The number of halogens is 1. The number of ether oxygens (including phenoxy) is 1. The number of para-hydroxylation sites is 1. The van der Waals surface area contributed by atoms with Gasteiger partial charge in [-0.2, -0.15) is 0 Å². The van der Waals surface area contributed by atoms with Gasteiger partial charge in [-0.05, 0) is 37.0 Å². The van der Waals surface area contributed by atoms with Crippen LogP contribution in [-0.2, 0) is 6.42 Å². The summed E-state index contributed by atoms with van der Waals surface area (Å²) in [6.45, 7) is 0. The van der Waals surface area contributed by atoms with Crippen LogP contribution in [0.5, 0.6) is 5.75 Å². The third kappa shape index (κ3) is 4.11. The van der Waals surface area contributed by atoms with Crippen molar-refractivity contribution in [1.29, 1.82) is 0 Å². The van der Waals surface area contributed by atoms with Crippen molar-refractivity contribution in [2.75, 3.05) is 0 Å². The average Bonchev–Trinajstić information content (AvgIpc) is 2.55. The molecule has 0 aromatic heterocycles. The summed E-state index contributed by atoms with van der Waals surface area (Å²) in [5.74, 6) is -0.612. The third-order valence-electron chi connectivity index (χ3n) is 3.67. The molecule has 0 spiro atoms. The molecule has 1 unspecified atom stereocenters. The average molecular weight is 332 g/mol. The van der Waals surface area contributed by atoms with Gasteiger partial charge < -0.3 is 9.84 Å². The molecule has 0 saturated heterocycles. The van der Waals surface area contributed by atoms with Crippen molar-refractivity contribution in [3.05, 3.63) is 59.7 Å². The van der Waals surface area contributed by atoms with Gasteiger partial charge in [-0.15, -0.1) is 12.4 Å². The molecular weight excluding hydrogens is 314 g/mol. The van der Waals surface area contributed by atoms with E-state index in [1.807, 2.05) is 18.2 Å². The molecule has 0 saturated carbocycles. The number of rotatable bonds is 5. The Bertz CT molecular complexity index is 701. The van der Waals surface area contributed by atoms with Crippen molar-refractivity contribution in [2.45, 2.75) is 25.4 Å². The molecule has 4 nitrogen and oxygen atoms in total. The first-order valence-electron chi connectivity index (χ1n) is 7.35. The summed E-state index contributed by atoms with van der Waals surface area (Å²) in [7, 11) is 0. The number of benzene rings is 2. The van der Waals surface area contributed by atoms with Gasteiger partial charge in [0.25, 0.3) is 0 Å². The molecular formula is C18H18ClNO3. The maximum Gasteiger partial charge on any atom is 0.339 e. The molecule has 1 heterocycles. The van der Waals surface area contributed by atoms with E-state index in [1.54, 1.807) is 24.4 Å². The van der Waals surface area contributed by atoms with Crippen LogP contribution in [0.3, 0.4) is 0 Å². The fourth-order valence-electron chi connectivity index (χ4n) is 2.55. The van der Waals surface area contributed by atoms with Crippen molar-refractivity contribution < 1.29 is 14.6 Å². The maximum absolute atomic E-state index is 11.2. The lowest BCUT2D eigenvalue weighted by molar-refractivity contribution is 0.0691. The number of aliphatic imine (C=N–C) groups is 1. The lowest BCUT2D eigenvalue weighted by atomic mass is 10.1. The SMILES string of the molecule is Cl.O=C(O)c1cccc2c1OC(CCCc1ccccc1)C=N2. The van der Waals surface area contributed by atoms with E-state index in [0.717, 1.165) is 19.3 Å². The Morgan fingerprint density at radius 3 is 2.65 bits per heavy atom. The summed E-state index contributed by atoms with van der Waals surface area (Å²) in [5.41, 5.74) is 2.04. The summed E-state index contributed by atoms with van der Waals surface area (Å²) < 4.78 is 5.83. The van der Waals surface area contributed by atoms with Crippen molar-refractivity contribution in [1.82, 2.24) is 0 Å². The van der Waals surface area contributed by atoms with E-state index in [4.69, 9.17) is 4.74 Å². The minimum Gasteiger partial charge on any atom is -0.482 e. The van der Waals surface area contributed by atoms with Gasteiger partial charge in [-0.1, -0.05) is 36.4 Å². The molecule has 23 heavy (non-hydrogen) atoms. The molecule has 2 aromatic carbocycles. The fraction of sp³-hybridized carbons (Fsp3) is 0.222. The normalized spacial score (nSPS) is 15.2. The number of carboxylic acids is 1. The van der Waals surface area contributed by atoms with Gasteiger partial charge >= 0.3 is 5.97 Å². The molecule has 0 radical (unpaired) electrons. The van der Waals surface area contributed by atoms with Crippen LogP contribution >= 0.6 is 12.4 Å². The van der Waals surface area contributed by atoms with Crippen molar-refractivity contribution >= 4 is 30.3 Å². The van der Waals surface area contributed by atoms with E-state index in [9.17, 15) is 9.90 Å². The Labute approximate surface area is 141 Å². The molecule has 1 N–H and O–H groups in total. The van der Waals surface area contributed by atoms with Gasteiger partial charge in [0, 0.05) is 6.21 Å². The third-order valence-corrected chi connectivity index (χ3v) is 3.67. The highest BCUT2D eigenvalue weighted by Gasteiger charge is 2.21. The van der Waals surface area contributed by atoms with E-state index < -0.39 is 5.97 Å². The van der Waals surface area contributed by atoms with Crippen LogP contribution in [-0.4, -0.2) is 23.4 Å². The lowest BCUT2D eigenvalue weighted by Gasteiger charge is -2.21. The largest absolute Gasteiger partial charge is 0.482 e. The number of nitrogens with zero attached hydrogens (tertiary/aromatic N) is 1. The van der Waals surface area contributed by atoms with Gasteiger partial charge in [-0.25, -0.2) is 4.79 Å². The predicted molar refractivity (Wildman–Crippen MR) is 92.6 cm³/mol. The Hall–Kier alpha value is -2.33. The molecule has 5 heteroatoms. The number of carbonyl (C=O) groups is 1. The Morgan fingerprint density at radius 1 is 1.13 bits per heavy atom. The van der Waals surface area contributed by atoms with Crippen LogP contribution in [0.1, 0.15) is 28.8 Å². The molecule has 1 aliphatic heterocycles. The second-order valence-electron chi connectivity index (χ2n) is 5.27. The number of fused-ring (bicyclic) bond motifs is 1. The van der Waals surface area contributed by atoms with E-state index in [0.29, 0.717) is 11.4 Å². The molecule has 1 atom stereocenters. The number of hydrogen-bond donors (Lipinski definition) is 1. The van der Waals surface area contributed by atoms with Crippen LogP contribution in [0.2, 0.25) is 0 Å². The Kier molecular flexibility index (Phi) is 5.77. The smallest absolute Gasteiger partial charge is 0.339 e. The van der Waals surface area contributed by atoms with E-state index >= 15 is 0 Å². The maximum atomic E-state index is 11.2. The summed E-state index contributed by atoms with van der Waals surface area (Å²) >= 11 is 0. The highest BCUT2D eigenvalue weighted by molar-refractivity contribution is 5.94. The van der Waals surface area contributed by atoms with Gasteiger partial charge in [-0.3, -0.25) is 4.99 Å². The van der Waals surface area contributed by atoms with Crippen molar-refractivity contribution in [3.63, 3.8) is 0 Å². The first kappa shape index (κ1) is 17.0. The highest BCUT2D eigenvalue weighted by atomic mass is 35.5. The van der Waals surface area contributed by atoms with E-state index in [2.05, 4.69) is 17.1 Å². The predicted octanol–water partition coefficient (Wildman–Crippen LogP) is 4.29. The van der Waals surface area contributed by atoms with Crippen LogP contribution in [0.15, 0.2) is 53.5 Å². The van der Waals surface area contributed by atoms with Crippen LogP contribution < -0.4 is 4.74 Å². The number of carboxylic acid groups (broad SMARTS) is 1. The topological polar surface area (TPSA) is 58.9 Å². The van der Waals surface area contributed by atoms with Gasteiger partial charge in [0.15, 0.2) is 5.75 Å². The Morgan fingerprint density at radius 2 is 1.91 bits per heavy atom. The zero-order valence-corrected chi connectivity index (χ0v) is 13.3. The molecule has 0 aliphatic carbocycles. The zero-order valence-electron chi connectivity index (χ0n) is 12.5. The van der Waals surface area contributed by atoms with E-state index in [-0.39, 0.29) is 24.1 Å². The monoisotopic (exact) mass is 331 g/mol. The zero-order chi connectivity index (χ0) is 15.4. The highest BCUT2D eigenvalue weighted by Crippen LogP contribution is 2.35. The van der Waals surface area contributed by atoms with Crippen LogP contribution in [0.4, 0.5) is 5.69 Å². The van der Waals surface area contributed by atoms with Crippen LogP contribution in [0.25, 0.3) is 0 Å². The van der Waals surface area contributed by atoms with Gasteiger partial charge in [0.2, 0.25) is 0 Å². The second kappa shape index (κ2) is 7.79. The molecule has 0 fully saturated rings. The number of aromatic carboxylic acids is 1. The molecule has 1 aliphatic rings. The molecule has 0 amide bonds. The summed E-state index contributed by atoms with van der Waals surface area (Å²) in [5, 5.41) is 9.22. The van der Waals surface area contributed by atoms with Crippen molar-refractivity contribution in [2.24, 2.45) is 4.99 Å². The lowest BCUT2D eigenvalue weighted by Crippen LogP contribution is -2.22. The Balaban J connectivity index is 0.00000192. The summed E-state index contributed by atoms with van der Waals surface area (Å²) in [6.07, 6.45) is 4.34. The first-order chi connectivity index (χ1) is 10.7. The van der Waals surface area contributed by atoms with E-state index in [1.165, 1.54) is 5.56 Å². The molecule has 3 rings (SSSR count). The number of aryl methyl sites for hydroxylation is 1. The van der Waals surface area contributed by atoms with Gasteiger partial charge in [0.05, 0.1) is 0 Å². The fourth-order valence-corrected chi connectivity index (χ4v) is 2.55. The van der Waals surface area contributed by atoms with Crippen LogP contribution in [0, 0.1) is 0 Å². The van der Waals surface area contributed by atoms with Gasteiger partial charge in [0.1, 0.15) is 17.4 Å². The summed E-state index contributed by atoms with van der Waals surface area (Å²) in [6, 6.07) is 15.3. The first-order valence-corrected chi connectivity index (χ1v) is 7.35. The number of hydrogen-bond acceptors (Lipinski definition) is 3. The molecule has 120 valence electrons. The minimum absolute atomic E-state index is 0. The molecule has 0 bridgehead atoms. The quantitative estimate of drug-likeness (QED) is 0.889.